The number of rotatable bonds is 6. The Labute approximate surface area is 134 Å². The Hall–Kier alpha value is -3.02. The zero-order valence-corrected chi connectivity index (χ0v) is 12.8. The molecule has 4 N–H and O–H groups in total. The summed E-state index contributed by atoms with van der Waals surface area (Å²) < 4.78 is 5.05. The molecule has 6 heteroatoms. The Kier molecular flexibility index (Phi) is 5.57. The Morgan fingerprint density at radius 1 is 1.09 bits per heavy atom. The van der Waals surface area contributed by atoms with Gasteiger partial charge in [0.05, 0.1) is 7.11 Å². The van der Waals surface area contributed by atoms with Crippen LogP contribution in [0, 0.1) is 0 Å². The van der Waals surface area contributed by atoms with Crippen LogP contribution in [0.1, 0.15) is 5.56 Å². The van der Waals surface area contributed by atoms with Gasteiger partial charge in [-0.25, -0.2) is 4.79 Å². The molecule has 2 aromatic rings. The van der Waals surface area contributed by atoms with E-state index < -0.39 is 18.0 Å². The van der Waals surface area contributed by atoms with E-state index in [1.54, 1.807) is 31.4 Å². The number of anilines is 1. The number of hydrogen-bond acceptors (Lipinski definition) is 3. The standard InChI is InChI=1S/C17H19N3O3/c1-23-14-9-7-13(8-10-14)19-17(22)20-15(16(18)21)11-12-5-3-2-4-6-12/h2-10,15H,11H2,1H3,(H2,18,21)(H2,19,20,22). The maximum atomic E-state index is 12.0. The molecule has 120 valence electrons. The third-order valence-electron chi connectivity index (χ3n) is 3.28. The molecule has 6 nitrogen and oxygen atoms in total. The first-order valence-corrected chi connectivity index (χ1v) is 7.13. The number of methoxy groups -OCH3 is 1. The minimum atomic E-state index is -0.782. The van der Waals surface area contributed by atoms with Crippen LogP contribution < -0.4 is 21.1 Å². The smallest absolute Gasteiger partial charge is 0.319 e. The highest BCUT2D eigenvalue weighted by Gasteiger charge is 2.18. The van der Waals surface area contributed by atoms with Crippen LogP contribution in [0.5, 0.6) is 5.75 Å². The number of ether oxygens (including phenoxy) is 1. The molecule has 0 aromatic heterocycles. The second kappa shape index (κ2) is 7.84. The molecular formula is C17H19N3O3. The van der Waals surface area contributed by atoms with Gasteiger partial charge >= 0.3 is 6.03 Å². The molecular weight excluding hydrogens is 294 g/mol. The van der Waals surface area contributed by atoms with E-state index in [4.69, 9.17) is 10.5 Å². The first-order chi connectivity index (χ1) is 11.1. The molecule has 0 heterocycles. The van der Waals surface area contributed by atoms with Gasteiger partial charge < -0.3 is 21.1 Å². The summed E-state index contributed by atoms with van der Waals surface area (Å²) in [4.78, 5) is 23.5. The molecule has 1 atom stereocenters. The lowest BCUT2D eigenvalue weighted by Gasteiger charge is -2.16. The lowest BCUT2D eigenvalue weighted by molar-refractivity contribution is -0.119. The van der Waals surface area contributed by atoms with E-state index >= 15 is 0 Å². The van der Waals surface area contributed by atoms with Crippen molar-refractivity contribution < 1.29 is 14.3 Å². The monoisotopic (exact) mass is 313 g/mol. The summed E-state index contributed by atoms with van der Waals surface area (Å²) in [6.45, 7) is 0. The van der Waals surface area contributed by atoms with E-state index in [-0.39, 0.29) is 0 Å². The third-order valence-corrected chi connectivity index (χ3v) is 3.28. The summed E-state index contributed by atoms with van der Waals surface area (Å²) in [5, 5.41) is 5.24. The fourth-order valence-corrected chi connectivity index (χ4v) is 2.07. The van der Waals surface area contributed by atoms with Crippen molar-refractivity contribution >= 4 is 17.6 Å². The number of carbonyl (C=O) groups excluding carboxylic acids is 2. The van der Waals surface area contributed by atoms with Crippen LogP contribution in [0.3, 0.4) is 0 Å². The van der Waals surface area contributed by atoms with Crippen LogP contribution in [-0.4, -0.2) is 25.1 Å². The third kappa shape index (κ3) is 5.03. The molecule has 0 spiro atoms. The summed E-state index contributed by atoms with van der Waals surface area (Å²) in [6, 6.07) is 14.9. The van der Waals surface area contributed by atoms with Crippen molar-refractivity contribution in [1.82, 2.24) is 5.32 Å². The van der Waals surface area contributed by atoms with Crippen molar-refractivity contribution in [2.24, 2.45) is 5.73 Å². The van der Waals surface area contributed by atoms with Gasteiger partial charge in [0.25, 0.3) is 0 Å². The molecule has 2 rings (SSSR count). The molecule has 0 fully saturated rings. The Morgan fingerprint density at radius 3 is 2.30 bits per heavy atom. The minimum absolute atomic E-state index is 0.339. The van der Waals surface area contributed by atoms with Gasteiger partial charge in [-0.2, -0.15) is 0 Å². The number of benzene rings is 2. The Morgan fingerprint density at radius 2 is 1.74 bits per heavy atom. The summed E-state index contributed by atoms with van der Waals surface area (Å²) >= 11 is 0. The molecule has 23 heavy (non-hydrogen) atoms. The largest absolute Gasteiger partial charge is 0.497 e. The lowest BCUT2D eigenvalue weighted by atomic mass is 10.1. The molecule has 0 saturated carbocycles. The molecule has 0 bridgehead atoms. The highest BCUT2D eigenvalue weighted by Crippen LogP contribution is 2.14. The molecule has 1 unspecified atom stereocenters. The van der Waals surface area contributed by atoms with Crippen LogP contribution in [0.2, 0.25) is 0 Å². The summed E-state index contributed by atoms with van der Waals surface area (Å²) in [7, 11) is 1.57. The molecule has 0 radical (unpaired) electrons. The maximum Gasteiger partial charge on any atom is 0.319 e. The first kappa shape index (κ1) is 16.4. The highest BCUT2D eigenvalue weighted by molar-refractivity contribution is 5.93. The number of nitrogens with one attached hydrogen (secondary N) is 2. The van der Waals surface area contributed by atoms with Crippen molar-refractivity contribution in [2.45, 2.75) is 12.5 Å². The predicted octanol–water partition coefficient (Wildman–Crippen LogP) is 1.91. The van der Waals surface area contributed by atoms with Gasteiger partial charge in [-0.3, -0.25) is 4.79 Å². The number of nitrogens with two attached hydrogens (primary N) is 1. The van der Waals surface area contributed by atoms with Gasteiger partial charge in [0.1, 0.15) is 11.8 Å². The van der Waals surface area contributed by atoms with E-state index in [0.29, 0.717) is 17.9 Å². The highest BCUT2D eigenvalue weighted by atomic mass is 16.5. The summed E-state index contributed by atoms with van der Waals surface area (Å²) in [5.41, 5.74) is 6.87. The van der Waals surface area contributed by atoms with Crippen LogP contribution in [-0.2, 0) is 11.2 Å². The predicted molar refractivity (Wildman–Crippen MR) is 88.3 cm³/mol. The number of hydrogen-bond donors (Lipinski definition) is 3. The quantitative estimate of drug-likeness (QED) is 0.760. The van der Waals surface area contributed by atoms with Gasteiger partial charge in [-0.15, -0.1) is 0 Å². The van der Waals surface area contributed by atoms with Gasteiger partial charge in [0, 0.05) is 12.1 Å². The number of carbonyl (C=O) groups is 2. The van der Waals surface area contributed by atoms with E-state index in [0.717, 1.165) is 5.56 Å². The summed E-state index contributed by atoms with van der Waals surface area (Å²) in [6.07, 6.45) is 0.339. The van der Waals surface area contributed by atoms with Crippen LogP contribution in [0.15, 0.2) is 54.6 Å². The zero-order valence-electron chi connectivity index (χ0n) is 12.8. The first-order valence-electron chi connectivity index (χ1n) is 7.13. The fraction of sp³-hybridized carbons (Fsp3) is 0.176. The topological polar surface area (TPSA) is 93.4 Å². The van der Waals surface area contributed by atoms with E-state index in [1.807, 2.05) is 30.3 Å². The zero-order chi connectivity index (χ0) is 16.7. The van der Waals surface area contributed by atoms with Crippen molar-refractivity contribution in [2.75, 3.05) is 12.4 Å². The van der Waals surface area contributed by atoms with Crippen molar-refractivity contribution in [3.05, 3.63) is 60.2 Å². The average Bonchev–Trinajstić information content (AvgIpc) is 2.56. The van der Waals surface area contributed by atoms with Crippen LogP contribution >= 0.6 is 0 Å². The van der Waals surface area contributed by atoms with Gasteiger partial charge in [-0.1, -0.05) is 30.3 Å². The van der Waals surface area contributed by atoms with Gasteiger partial charge in [0.2, 0.25) is 5.91 Å². The SMILES string of the molecule is COc1ccc(NC(=O)NC(Cc2ccccc2)C(N)=O)cc1. The van der Waals surface area contributed by atoms with Crippen molar-refractivity contribution in [3.63, 3.8) is 0 Å². The van der Waals surface area contributed by atoms with Crippen molar-refractivity contribution in [3.8, 4) is 5.75 Å². The molecule has 0 aliphatic heterocycles. The number of primary amides is 1. The molecule has 0 aliphatic rings. The van der Waals surface area contributed by atoms with E-state index in [2.05, 4.69) is 10.6 Å². The second-order valence-electron chi connectivity index (χ2n) is 4.97. The Bertz CT molecular complexity index is 657. The van der Waals surface area contributed by atoms with Gasteiger partial charge in [0.15, 0.2) is 0 Å². The normalized spacial score (nSPS) is 11.3. The van der Waals surface area contributed by atoms with E-state index in [9.17, 15) is 9.59 Å². The average molecular weight is 313 g/mol. The Balaban J connectivity index is 1.96. The van der Waals surface area contributed by atoms with Crippen molar-refractivity contribution in [1.29, 1.82) is 0 Å². The van der Waals surface area contributed by atoms with Crippen LogP contribution in [0.4, 0.5) is 10.5 Å². The van der Waals surface area contributed by atoms with E-state index in [1.165, 1.54) is 0 Å². The number of amides is 3. The minimum Gasteiger partial charge on any atom is -0.497 e. The van der Waals surface area contributed by atoms with Gasteiger partial charge in [-0.05, 0) is 29.8 Å². The maximum absolute atomic E-state index is 12.0. The number of urea groups is 1. The molecule has 2 aromatic carbocycles. The molecule has 3 amide bonds. The molecule has 0 aliphatic carbocycles. The molecule has 0 saturated heterocycles. The second-order valence-corrected chi connectivity index (χ2v) is 4.97. The van der Waals surface area contributed by atoms with Crippen LogP contribution in [0.25, 0.3) is 0 Å². The lowest BCUT2D eigenvalue weighted by Crippen LogP contribution is -2.47. The fourth-order valence-electron chi connectivity index (χ4n) is 2.07. The summed E-state index contributed by atoms with van der Waals surface area (Å²) in [5.74, 6) is 0.105.